The van der Waals surface area contributed by atoms with Crippen molar-refractivity contribution in [1.29, 1.82) is 0 Å². The van der Waals surface area contributed by atoms with Gasteiger partial charge in [-0.05, 0) is 52.8 Å². The third kappa shape index (κ3) is 3.24. The Labute approximate surface area is 136 Å². The van der Waals surface area contributed by atoms with Gasteiger partial charge in [0.2, 0.25) is 0 Å². The first kappa shape index (κ1) is 15.9. The van der Waals surface area contributed by atoms with Crippen LogP contribution in [-0.4, -0.2) is 30.0 Å². The van der Waals surface area contributed by atoms with Crippen molar-refractivity contribution in [3.8, 4) is 0 Å². The summed E-state index contributed by atoms with van der Waals surface area (Å²) in [7, 11) is 3.38. The zero-order valence-corrected chi connectivity index (χ0v) is 14.2. The largest absolute Gasteiger partial charge is 0.351 e. The van der Waals surface area contributed by atoms with Crippen LogP contribution in [-0.2, 0) is 4.79 Å². The molecule has 112 valence electrons. The van der Waals surface area contributed by atoms with Gasteiger partial charge in [-0.1, -0.05) is 6.07 Å². The summed E-state index contributed by atoms with van der Waals surface area (Å²) in [6, 6.07) is 4.24. The van der Waals surface area contributed by atoms with Crippen LogP contribution in [0.4, 0.5) is 4.39 Å². The number of carbonyl (C=O) groups is 1. The third-order valence-corrected chi connectivity index (χ3v) is 4.01. The Bertz CT molecular complexity index is 645. The van der Waals surface area contributed by atoms with E-state index in [1.165, 1.54) is 11.0 Å². The van der Waals surface area contributed by atoms with Crippen molar-refractivity contribution in [3.05, 3.63) is 45.3 Å². The van der Waals surface area contributed by atoms with E-state index >= 15 is 0 Å². The number of nitrogens with zero attached hydrogens (tertiary/aromatic N) is 1. The fraction of sp³-hybridized carbons (Fsp3) is 0.286. The van der Waals surface area contributed by atoms with Crippen LogP contribution in [0.1, 0.15) is 18.5 Å². The van der Waals surface area contributed by atoms with E-state index < -0.39 is 6.04 Å². The molecule has 0 bridgehead atoms. The molecule has 1 aromatic carbocycles. The lowest BCUT2D eigenvalue weighted by Crippen LogP contribution is -2.46. The molecule has 4 nitrogen and oxygen atoms in total. The summed E-state index contributed by atoms with van der Waals surface area (Å²) in [5, 5.41) is 6.46. The quantitative estimate of drug-likeness (QED) is 0.783. The predicted molar refractivity (Wildman–Crippen MR) is 87.1 cm³/mol. The van der Waals surface area contributed by atoms with Gasteiger partial charge in [-0.3, -0.25) is 4.79 Å². The van der Waals surface area contributed by atoms with Gasteiger partial charge in [-0.15, -0.1) is 0 Å². The maximum Gasteiger partial charge on any atom is 0.253 e. The summed E-state index contributed by atoms with van der Waals surface area (Å²) in [6.45, 7) is 1.80. The number of halogens is 2. The highest BCUT2D eigenvalue weighted by Gasteiger charge is 2.30. The van der Waals surface area contributed by atoms with Gasteiger partial charge in [0.15, 0.2) is 5.11 Å². The predicted octanol–water partition coefficient (Wildman–Crippen LogP) is 2.47. The number of hydrogen-bond donors (Lipinski definition) is 2. The van der Waals surface area contributed by atoms with Gasteiger partial charge in [-0.2, -0.15) is 0 Å². The summed E-state index contributed by atoms with van der Waals surface area (Å²) < 4.78 is 13.8. The zero-order chi connectivity index (χ0) is 15.7. The molecule has 21 heavy (non-hydrogen) atoms. The van der Waals surface area contributed by atoms with Crippen LogP contribution >= 0.6 is 28.1 Å². The van der Waals surface area contributed by atoms with Gasteiger partial charge in [-0.25, -0.2) is 4.39 Å². The van der Waals surface area contributed by atoms with Crippen LogP contribution in [0.2, 0.25) is 0 Å². The van der Waals surface area contributed by atoms with Crippen molar-refractivity contribution in [2.45, 2.75) is 13.0 Å². The van der Waals surface area contributed by atoms with Crippen molar-refractivity contribution in [1.82, 2.24) is 15.5 Å². The molecule has 0 aliphatic carbocycles. The van der Waals surface area contributed by atoms with Crippen LogP contribution in [0.25, 0.3) is 0 Å². The van der Waals surface area contributed by atoms with E-state index in [1.807, 2.05) is 0 Å². The Balaban J connectivity index is 2.52. The number of likely N-dealkylation sites (N-methyl/N-ethyl adjacent to an activating group) is 1. The molecular weight excluding hydrogens is 357 g/mol. The summed E-state index contributed by atoms with van der Waals surface area (Å²) >= 11 is 8.32. The van der Waals surface area contributed by atoms with Crippen LogP contribution in [0.15, 0.2) is 33.9 Å². The minimum atomic E-state index is -0.412. The van der Waals surface area contributed by atoms with Gasteiger partial charge in [0.25, 0.3) is 5.91 Å². The number of thiocarbonyl (C=S) groups is 1. The molecule has 0 unspecified atom stereocenters. The van der Waals surface area contributed by atoms with Crippen LogP contribution < -0.4 is 10.6 Å². The number of allylic oxidation sites excluding steroid dienone is 1. The minimum Gasteiger partial charge on any atom is -0.351 e. The fourth-order valence-corrected chi connectivity index (χ4v) is 2.83. The molecule has 1 atom stereocenters. The van der Waals surface area contributed by atoms with Gasteiger partial charge in [0.05, 0.1) is 16.1 Å². The highest BCUT2D eigenvalue weighted by Crippen LogP contribution is 2.30. The van der Waals surface area contributed by atoms with Gasteiger partial charge in [0.1, 0.15) is 5.82 Å². The van der Waals surface area contributed by atoms with E-state index in [0.29, 0.717) is 20.9 Å². The molecule has 1 aliphatic heterocycles. The maximum absolute atomic E-state index is 13.4. The minimum absolute atomic E-state index is 0.125. The molecule has 0 aromatic heterocycles. The number of rotatable bonds is 2. The highest BCUT2D eigenvalue weighted by molar-refractivity contribution is 9.10. The van der Waals surface area contributed by atoms with Crippen LogP contribution in [0.5, 0.6) is 0 Å². The highest BCUT2D eigenvalue weighted by atomic mass is 79.9. The number of nitrogens with one attached hydrogen (secondary N) is 2. The Morgan fingerprint density at radius 1 is 1.43 bits per heavy atom. The van der Waals surface area contributed by atoms with E-state index in [0.717, 1.165) is 5.56 Å². The summed E-state index contributed by atoms with van der Waals surface area (Å²) in [5.74, 6) is -0.475. The van der Waals surface area contributed by atoms with E-state index in [2.05, 4.69) is 26.6 Å². The molecule has 0 saturated heterocycles. The molecule has 7 heteroatoms. The lowest BCUT2D eigenvalue weighted by atomic mass is 9.94. The molecule has 2 rings (SSSR count). The molecule has 0 fully saturated rings. The smallest absolute Gasteiger partial charge is 0.253 e. The number of hydrogen-bond acceptors (Lipinski definition) is 2. The maximum atomic E-state index is 13.4. The van der Waals surface area contributed by atoms with Crippen molar-refractivity contribution >= 4 is 39.2 Å². The van der Waals surface area contributed by atoms with E-state index in [9.17, 15) is 9.18 Å². The Morgan fingerprint density at radius 3 is 2.67 bits per heavy atom. The SMILES string of the molecule is CC1=C(C(=O)N(C)C)[C@@H](c2ccc(F)c(Br)c2)NC(=S)N1. The second-order valence-corrected chi connectivity index (χ2v) is 6.21. The molecule has 0 saturated carbocycles. The van der Waals surface area contributed by atoms with Crippen LogP contribution in [0.3, 0.4) is 0 Å². The molecule has 1 aliphatic rings. The van der Waals surface area contributed by atoms with Crippen molar-refractivity contribution in [2.24, 2.45) is 0 Å². The average molecular weight is 372 g/mol. The first-order chi connectivity index (χ1) is 9.81. The number of amides is 1. The second-order valence-electron chi connectivity index (χ2n) is 4.94. The van der Waals surface area contributed by atoms with E-state index in [-0.39, 0.29) is 11.7 Å². The third-order valence-electron chi connectivity index (χ3n) is 3.18. The first-order valence-electron chi connectivity index (χ1n) is 6.26. The summed E-state index contributed by atoms with van der Waals surface area (Å²) in [6.07, 6.45) is 0. The molecule has 0 spiro atoms. The molecular formula is C14H15BrFN3OS. The standard InChI is InChI=1S/C14H15BrFN3OS/c1-7-11(13(20)19(2)3)12(18-14(21)17-7)8-4-5-10(16)9(15)6-8/h4-6,12H,1-3H3,(H2,17,18,21)/t12-/m1/s1. The number of carbonyl (C=O) groups excluding carboxylic acids is 1. The lowest BCUT2D eigenvalue weighted by molar-refractivity contribution is -0.125. The number of benzene rings is 1. The Hall–Kier alpha value is -1.47. The Kier molecular flexibility index (Phi) is 4.63. The average Bonchev–Trinajstić information content (AvgIpc) is 2.40. The summed E-state index contributed by atoms with van der Waals surface area (Å²) in [5.41, 5.74) is 2.02. The summed E-state index contributed by atoms with van der Waals surface area (Å²) in [4.78, 5) is 13.9. The fourth-order valence-electron chi connectivity index (χ4n) is 2.16. The molecule has 0 radical (unpaired) electrons. The van der Waals surface area contributed by atoms with Crippen molar-refractivity contribution in [3.63, 3.8) is 0 Å². The monoisotopic (exact) mass is 371 g/mol. The molecule has 1 amide bonds. The van der Waals surface area contributed by atoms with E-state index in [4.69, 9.17) is 12.2 Å². The molecule has 2 N–H and O–H groups in total. The zero-order valence-electron chi connectivity index (χ0n) is 11.8. The molecule has 1 heterocycles. The van der Waals surface area contributed by atoms with Gasteiger partial charge in [0, 0.05) is 19.8 Å². The lowest BCUT2D eigenvalue weighted by Gasteiger charge is -2.31. The van der Waals surface area contributed by atoms with Gasteiger partial charge < -0.3 is 15.5 Å². The topological polar surface area (TPSA) is 44.4 Å². The normalized spacial score (nSPS) is 18.1. The Morgan fingerprint density at radius 2 is 2.10 bits per heavy atom. The first-order valence-corrected chi connectivity index (χ1v) is 7.46. The van der Waals surface area contributed by atoms with Crippen molar-refractivity contribution < 1.29 is 9.18 Å². The van der Waals surface area contributed by atoms with E-state index in [1.54, 1.807) is 33.2 Å². The van der Waals surface area contributed by atoms with Crippen LogP contribution in [0, 0.1) is 5.82 Å². The van der Waals surface area contributed by atoms with Gasteiger partial charge >= 0.3 is 0 Å². The molecule has 1 aromatic rings. The van der Waals surface area contributed by atoms with Crippen molar-refractivity contribution in [2.75, 3.05) is 14.1 Å². The second kappa shape index (κ2) is 6.11.